The Balaban J connectivity index is 1.49. The molecule has 1 fully saturated rings. The zero-order valence-electron chi connectivity index (χ0n) is 14.3. The van der Waals surface area contributed by atoms with E-state index in [1.165, 1.54) is 0 Å². The predicted molar refractivity (Wildman–Crippen MR) is 98.7 cm³/mol. The van der Waals surface area contributed by atoms with Gasteiger partial charge in [0.1, 0.15) is 0 Å². The molecule has 2 aromatic carbocycles. The van der Waals surface area contributed by atoms with Gasteiger partial charge in [0.2, 0.25) is 0 Å². The molecule has 0 aliphatic carbocycles. The van der Waals surface area contributed by atoms with Crippen LogP contribution in [0, 0.1) is 11.3 Å². The molecule has 3 rings (SSSR count). The first-order chi connectivity index (χ1) is 12.7. The van der Waals surface area contributed by atoms with Crippen LogP contribution in [-0.4, -0.2) is 36.0 Å². The highest BCUT2D eigenvalue weighted by Crippen LogP contribution is 2.14. The van der Waals surface area contributed by atoms with Crippen LogP contribution < -0.4 is 10.6 Å². The smallest absolute Gasteiger partial charge is 0.321 e. The molecule has 0 bridgehead atoms. The number of nitrogens with one attached hydrogen (secondary N) is 2. The molecule has 0 saturated carbocycles. The van der Waals surface area contributed by atoms with Crippen LogP contribution in [0.25, 0.3) is 0 Å². The molecule has 132 valence electrons. The van der Waals surface area contributed by atoms with E-state index in [-0.39, 0.29) is 18.0 Å². The molecule has 1 saturated heterocycles. The Labute approximate surface area is 152 Å². The SMILES string of the molecule is N#Cc1cccc(C(=O)NC2CCN(C(=O)Nc3ccccc3)CC2)c1. The molecule has 3 amide bonds. The highest BCUT2D eigenvalue weighted by Gasteiger charge is 2.24. The monoisotopic (exact) mass is 348 g/mol. The van der Waals surface area contributed by atoms with Crippen LogP contribution >= 0.6 is 0 Å². The van der Waals surface area contributed by atoms with Gasteiger partial charge in [0.05, 0.1) is 11.6 Å². The number of anilines is 1. The molecule has 2 N–H and O–H groups in total. The van der Waals surface area contributed by atoms with Crippen LogP contribution in [0.4, 0.5) is 10.5 Å². The van der Waals surface area contributed by atoms with Crippen molar-refractivity contribution in [3.8, 4) is 6.07 Å². The van der Waals surface area contributed by atoms with E-state index >= 15 is 0 Å². The van der Waals surface area contributed by atoms with E-state index in [2.05, 4.69) is 10.6 Å². The third-order valence-electron chi connectivity index (χ3n) is 4.40. The minimum atomic E-state index is -0.186. The summed E-state index contributed by atoms with van der Waals surface area (Å²) < 4.78 is 0. The second-order valence-corrected chi connectivity index (χ2v) is 6.22. The molecule has 0 radical (unpaired) electrons. The van der Waals surface area contributed by atoms with E-state index in [9.17, 15) is 9.59 Å². The van der Waals surface area contributed by atoms with Crippen molar-refractivity contribution in [2.45, 2.75) is 18.9 Å². The van der Waals surface area contributed by atoms with Crippen molar-refractivity contribution in [3.63, 3.8) is 0 Å². The lowest BCUT2D eigenvalue weighted by molar-refractivity contribution is 0.0919. The minimum Gasteiger partial charge on any atom is -0.349 e. The van der Waals surface area contributed by atoms with Crippen LogP contribution in [0.2, 0.25) is 0 Å². The Morgan fingerprint density at radius 2 is 1.77 bits per heavy atom. The lowest BCUT2D eigenvalue weighted by Crippen LogP contribution is -2.47. The van der Waals surface area contributed by atoms with Gasteiger partial charge in [0.25, 0.3) is 5.91 Å². The molecular formula is C20H20N4O2. The molecule has 1 heterocycles. The first kappa shape index (κ1) is 17.5. The normalized spacial score (nSPS) is 14.3. The van der Waals surface area contributed by atoms with Crippen molar-refractivity contribution in [1.82, 2.24) is 10.2 Å². The van der Waals surface area contributed by atoms with Gasteiger partial charge in [-0.25, -0.2) is 4.79 Å². The number of nitriles is 1. The van der Waals surface area contributed by atoms with E-state index in [0.717, 1.165) is 5.69 Å². The van der Waals surface area contributed by atoms with Crippen molar-refractivity contribution >= 4 is 17.6 Å². The van der Waals surface area contributed by atoms with Crippen molar-refractivity contribution in [2.24, 2.45) is 0 Å². The van der Waals surface area contributed by atoms with E-state index < -0.39 is 0 Å². The molecule has 0 atom stereocenters. The molecule has 0 unspecified atom stereocenters. The summed E-state index contributed by atoms with van der Waals surface area (Å²) in [5.41, 5.74) is 1.71. The highest BCUT2D eigenvalue weighted by atomic mass is 16.2. The summed E-state index contributed by atoms with van der Waals surface area (Å²) in [5, 5.41) is 14.8. The first-order valence-electron chi connectivity index (χ1n) is 8.58. The van der Waals surface area contributed by atoms with Gasteiger partial charge in [0, 0.05) is 30.4 Å². The quantitative estimate of drug-likeness (QED) is 0.894. The predicted octanol–water partition coefficient (Wildman–Crippen LogP) is 2.98. The maximum Gasteiger partial charge on any atom is 0.321 e. The summed E-state index contributed by atoms with van der Waals surface area (Å²) in [6.07, 6.45) is 1.40. The number of likely N-dealkylation sites (tertiary alicyclic amines) is 1. The third-order valence-corrected chi connectivity index (χ3v) is 4.40. The van der Waals surface area contributed by atoms with Gasteiger partial charge in [-0.15, -0.1) is 0 Å². The number of nitrogens with zero attached hydrogens (tertiary/aromatic N) is 2. The van der Waals surface area contributed by atoms with E-state index in [1.807, 2.05) is 36.4 Å². The van der Waals surface area contributed by atoms with Crippen LogP contribution in [0.3, 0.4) is 0 Å². The van der Waals surface area contributed by atoms with Gasteiger partial charge in [-0.1, -0.05) is 24.3 Å². The van der Waals surface area contributed by atoms with E-state index in [1.54, 1.807) is 29.2 Å². The number of para-hydroxylation sites is 1. The van der Waals surface area contributed by atoms with Crippen molar-refractivity contribution < 1.29 is 9.59 Å². The maximum absolute atomic E-state index is 12.3. The first-order valence-corrected chi connectivity index (χ1v) is 8.58. The molecule has 6 heteroatoms. The van der Waals surface area contributed by atoms with Gasteiger partial charge in [-0.3, -0.25) is 4.79 Å². The number of carbonyl (C=O) groups excluding carboxylic acids is 2. The number of rotatable bonds is 3. The lowest BCUT2D eigenvalue weighted by Gasteiger charge is -2.32. The Hall–Kier alpha value is -3.33. The number of carbonyl (C=O) groups is 2. The van der Waals surface area contributed by atoms with Gasteiger partial charge in [0.15, 0.2) is 0 Å². The number of hydrogen-bond donors (Lipinski definition) is 2. The van der Waals surface area contributed by atoms with Crippen LogP contribution in [0.1, 0.15) is 28.8 Å². The molecule has 1 aliphatic heterocycles. The van der Waals surface area contributed by atoms with Gasteiger partial charge in [-0.2, -0.15) is 5.26 Å². The summed E-state index contributed by atoms with van der Waals surface area (Å²) in [7, 11) is 0. The number of amides is 3. The maximum atomic E-state index is 12.3. The van der Waals surface area contributed by atoms with Crippen LogP contribution in [0.5, 0.6) is 0 Å². The lowest BCUT2D eigenvalue weighted by atomic mass is 10.0. The summed E-state index contributed by atoms with van der Waals surface area (Å²) in [6, 6.07) is 17.9. The second-order valence-electron chi connectivity index (χ2n) is 6.22. The van der Waals surface area contributed by atoms with E-state index in [4.69, 9.17) is 5.26 Å². The topological polar surface area (TPSA) is 85.2 Å². The largest absolute Gasteiger partial charge is 0.349 e. The molecule has 26 heavy (non-hydrogen) atoms. The average molecular weight is 348 g/mol. The second kappa shape index (κ2) is 8.17. The van der Waals surface area contributed by atoms with Crippen LogP contribution in [0.15, 0.2) is 54.6 Å². The fourth-order valence-corrected chi connectivity index (χ4v) is 2.95. The fourth-order valence-electron chi connectivity index (χ4n) is 2.95. The summed E-state index contributed by atoms with van der Waals surface area (Å²) >= 11 is 0. The van der Waals surface area contributed by atoms with Crippen LogP contribution in [-0.2, 0) is 0 Å². The Bertz CT molecular complexity index is 821. The standard InChI is InChI=1S/C20H20N4O2/c21-14-15-5-4-6-16(13-15)19(25)22-18-9-11-24(12-10-18)20(26)23-17-7-2-1-3-8-17/h1-8,13,18H,9-12H2,(H,22,25)(H,23,26). The summed E-state index contributed by atoms with van der Waals surface area (Å²) in [4.78, 5) is 26.4. The van der Waals surface area contributed by atoms with Crippen molar-refractivity contribution in [2.75, 3.05) is 18.4 Å². The van der Waals surface area contributed by atoms with Gasteiger partial charge >= 0.3 is 6.03 Å². The molecule has 6 nitrogen and oxygen atoms in total. The highest BCUT2D eigenvalue weighted by molar-refractivity contribution is 5.94. The molecule has 0 aromatic heterocycles. The van der Waals surface area contributed by atoms with E-state index in [0.29, 0.717) is 37.1 Å². The van der Waals surface area contributed by atoms with Gasteiger partial charge < -0.3 is 15.5 Å². The zero-order chi connectivity index (χ0) is 18.4. The minimum absolute atomic E-state index is 0.0222. The number of piperidine rings is 1. The van der Waals surface area contributed by atoms with Gasteiger partial charge in [-0.05, 0) is 43.2 Å². The van der Waals surface area contributed by atoms with Crippen molar-refractivity contribution in [1.29, 1.82) is 5.26 Å². The third kappa shape index (κ3) is 4.39. The molecule has 1 aliphatic rings. The number of hydrogen-bond acceptors (Lipinski definition) is 3. The number of benzene rings is 2. The average Bonchev–Trinajstić information content (AvgIpc) is 2.69. The summed E-state index contributed by atoms with van der Waals surface area (Å²) in [5.74, 6) is -0.186. The number of urea groups is 1. The molecule has 2 aromatic rings. The zero-order valence-corrected chi connectivity index (χ0v) is 14.3. The Morgan fingerprint density at radius 1 is 1.04 bits per heavy atom. The Morgan fingerprint density at radius 3 is 2.46 bits per heavy atom. The molecular weight excluding hydrogens is 328 g/mol. The molecule has 0 spiro atoms. The summed E-state index contributed by atoms with van der Waals surface area (Å²) in [6.45, 7) is 1.17. The Kier molecular flexibility index (Phi) is 5.49. The van der Waals surface area contributed by atoms with Crippen molar-refractivity contribution in [3.05, 3.63) is 65.7 Å². The fraction of sp³-hybridized carbons (Fsp3) is 0.250.